The summed E-state index contributed by atoms with van der Waals surface area (Å²) in [5.74, 6) is 1.79. The highest BCUT2D eigenvalue weighted by Crippen LogP contribution is 2.23. The summed E-state index contributed by atoms with van der Waals surface area (Å²) in [6.07, 6.45) is 2.63. The lowest BCUT2D eigenvalue weighted by Gasteiger charge is -2.31. The predicted molar refractivity (Wildman–Crippen MR) is 79.8 cm³/mol. The van der Waals surface area contributed by atoms with E-state index >= 15 is 0 Å². The van der Waals surface area contributed by atoms with E-state index in [1.54, 1.807) is 24.0 Å². The van der Waals surface area contributed by atoms with Gasteiger partial charge in [0.05, 0.1) is 47.4 Å². The van der Waals surface area contributed by atoms with Crippen LogP contribution in [-0.2, 0) is 6.54 Å². The Labute approximate surface area is 122 Å². The molecule has 1 atom stereocenters. The molecule has 2 N–H and O–H groups in total. The Bertz CT molecular complexity index is 428. The third-order valence-electron chi connectivity index (χ3n) is 4.50. The zero-order valence-electron chi connectivity index (χ0n) is 13.2. The molecule has 1 unspecified atom stereocenters. The molecule has 0 spiro atoms. The van der Waals surface area contributed by atoms with E-state index in [0.29, 0.717) is 0 Å². The minimum atomic E-state index is 0.769. The van der Waals surface area contributed by atoms with Crippen molar-refractivity contribution in [1.82, 2.24) is 0 Å². The van der Waals surface area contributed by atoms with Crippen LogP contribution >= 0.6 is 0 Å². The first kappa shape index (κ1) is 15.1. The van der Waals surface area contributed by atoms with Crippen LogP contribution in [0.3, 0.4) is 0 Å². The summed E-state index contributed by atoms with van der Waals surface area (Å²) >= 11 is 0. The molecule has 2 rings (SSSR count). The molecule has 0 amide bonds. The van der Waals surface area contributed by atoms with Gasteiger partial charge in [0.15, 0.2) is 0 Å². The maximum absolute atomic E-state index is 5.50. The molecule has 1 heterocycles. The van der Waals surface area contributed by atoms with Crippen molar-refractivity contribution < 1.29 is 19.3 Å². The zero-order chi connectivity index (χ0) is 14.5. The van der Waals surface area contributed by atoms with Gasteiger partial charge in [0.2, 0.25) is 0 Å². The fraction of sp³-hybridized carbons (Fsp3) is 0.625. The highest BCUT2D eigenvalue weighted by atomic mass is 16.5. The van der Waals surface area contributed by atoms with E-state index in [1.165, 1.54) is 31.5 Å². The van der Waals surface area contributed by atoms with Gasteiger partial charge in [0.1, 0.15) is 18.0 Å². The Morgan fingerprint density at radius 2 is 1.90 bits per heavy atom. The smallest absolute Gasteiger partial charge is 0.131 e. The third-order valence-corrected chi connectivity index (χ3v) is 4.50. The average Bonchev–Trinajstić information content (AvgIpc) is 2.48. The van der Waals surface area contributed by atoms with Crippen molar-refractivity contribution in [3.63, 3.8) is 0 Å². The summed E-state index contributed by atoms with van der Waals surface area (Å²) in [7, 11) is 8.01. The Hall–Kier alpha value is -1.26. The number of methoxy groups -OCH3 is 2. The van der Waals surface area contributed by atoms with Gasteiger partial charge < -0.3 is 19.3 Å². The number of nitrogens with one attached hydrogen (secondary N) is 2. The number of hydrogen-bond acceptors (Lipinski definition) is 2. The second-order valence-electron chi connectivity index (χ2n) is 5.93. The van der Waals surface area contributed by atoms with Crippen molar-refractivity contribution >= 4 is 0 Å². The van der Waals surface area contributed by atoms with Crippen molar-refractivity contribution in [2.75, 3.05) is 41.4 Å². The summed E-state index contributed by atoms with van der Waals surface area (Å²) in [5.41, 5.74) is 1.26. The molecule has 0 aliphatic carbocycles. The lowest BCUT2D eigenvalue weighted by molar-refractivity contribution is -0.948. The molecule has 1 fully saturated rings. The first-order valence-electron chi connectivity index (χ1n) is 7.48. The Morgan fingerprint density at radius 1 is 1.20 bits per heavy atom. The SMILES string of the molecule is COc1ccc(C[NH+](C)C2CC[NH+](C)CC2)c(OC)c1. The van der Waals surface area contributed by atoms with Crippen LogP contribution < -0.4 is 19.3 Å². The molecular formula is C16H28N2O2+2. The molecular weight excluding hydrogens is 252 g/mol. The molecule has 1 aliphatic rings. The number of rotatable bonds is 5. The van der Waals surface area contributed by atoms with Crippen molar-refractivity contribution in [1.29, 1.82) is 0 Å². The summed E-state index contributed by atoms with van der Waals surface area (Å²) in [6.45, 7) is 3.60. The molecule has 112 valence electrons. The standard InChI is InChI=1S/C16H26N2O2/c1-17-9-7-14(8-10-17)18(2)12-13-5-6-15(19-3)11-16(13)20-4/h5-6,11,14H,7-10,12H2,1-4H3/p+2. The molecule has 1 saturated heterocycles. The summed E-state index contributed by atoms with van der Waals surface area (Å²) in [6, 6.07) is 6.89. The van der Waals surface area contributed by atoms with Crippen LogP contribution in [0.1, 0.15) is 18.4 Å². The fourth-order valence-corrected chi connectivity index (χ4v) is 3.05. The van der Waals surface area contributed by atoms with Crippen LogP contribution in [0.4, 0.5) is 0 Å². The van der Waals surface area contributed by atoms with Crippen molar-refractivity contribution in [3.8, 4) is 11.5 Å². The normalized spacial score (nSPS) is 24.2. The fourth-order valence-electron chi connectivity index (χ4n) is 3.05. The van der Waals surface area contributed by atoms with Gasteiger partial charge in [-0.1, -0.05) is 0 Å². The highest BCUT2D eigenvalue weighted by Gasteiger charge is 2.26. The quantitative estimate of drug-likeness (QED) is 0.753. The molecule has 0 bridgehead atoms. The van der Waals surface area contributed by atoms with E-state index < -0.39 is 0 Å². The summed E-state index contributed by atoms with van der Waals surface area (Å²) in [4.78, 5) is 3.25. The molecule has 0 radical (unpaired) electrons. The number of quaternary nitrogens is 2. The highest BCUT2D eigenvalue weighted by molar-refractivity contribution is 5.40. The van der Waals surface area contributed by atoms with Gasteiger partial charge in [-0.2, -0.15) is 0 Å². The lowest BCUT2D eigenvalue weighted by Crippen LogP contribution is -3.17. The van der Waals surface area contributed by atoms with Crippen molar-refractivity contribution in [2.24, 2.45) is 0 Å². The molecule has 0 aromatic heterocycles. The number of piperidine rings is 1. The molecule has 20 heavy (non-hydrogen) atoms. The lowest BCUT2D eigenvalue weighted by atomic mass is 10.0. The largest absolute Gasteiger partial charge is 0.497 e. The minimum Gasteiger partial charge on any atom is -0.497 e. The van der Waals surface area contributed by atoms with Gasteiger partial charge in [-0.25, -0.2) is 0 Å². The maximum Gasteiger partial charge on any atom is 0.131 e. The van der Waals surface area contributed by atoms with Gasteiger partial charge in [-0.15, -0.1) is 0 Å². The maximum atomic E-state index is 5.50. The van der Waals surface area contributed by atoms with E-state index in [4.69, 9.17) is 9.47 Å². The average molecular weight is 280 g/mol. The minimum absolute atomic E-state index is 0.769. The first-order chi connectivity index (χ1) is 9.63. The van der Waals surface area contributed by atoms with E-state index in [1.807, 2.05) is 12.1 Å². The molecule has 4 heteroatoms. The van der Waals surface area contributed by atoms with Gasteiger partial charge in [0.25, 0.3) is 0 Å². The van der Waals surface area contributed by atoms with E-state index in [9.17, 15) is 0 Å². The van der Waals surface area contributed by atoms with E-state index in [0.717, 1.165) is 24.1 Å². The van der Waals surface area contributed by atoms with Crippen LogP contribution in [-0.4, -0.2) is 47.4 Å². The van der Waals surface area contributed by atoms with Gasteiger partial charge in [-0.3, -0.25) is 0 Å². The van der Waals surface area contributed by atoms with Crippen LogP contribution in [0.2, 0.25) is 0 Å². The molecule has 4 nitrogen and oxygen atoms in total. The molecule has 1 aromatic carbocycles. The molecule has 0 saturated carbocycles. The van der Waals surface area contributed by atoms with Crippen LogP contribution in [0.15, 0.2) is 18.2 Å². The predicted octanol–water partition coefficient (Wildman–Crippen LogP) is -0.604. The number of likely N-dealkylation sites (tertiary alicyclic amines) is 1. The number of ether oxygens (including phenoxy) is 2. The monoisotopic (exact) mass is 280 g/mol. The second-order valence-corrected chi connectivity index (χ2v) is 5.93. The van der Waals surface area contributed by atoms with E-state index in [2.05, 4.69) is 20.2 Å². The first-order valence-corrected chi connectivity index (χ1v) is 7.48. The number of hydrogen-bond donors (Lipinski definition) is 2. The van der Waals surface area contributed by atoms with Gasteiger partial charge in [-0.05, 0) is 12.1 Å². The van der Waals surface area contributed by atoms with Gasteiger partial charge >= 0.3 is 0 Å². The third kappa shape index (κ3) is 3.64. The zero-order valence-corrected chi connectivity index (χ0v) is 13.2. The van der Waals surface area contributed by atoms with Crippen LogP contribution in [0.25, 0.3) is 0 Å². The summed E-state index contributed by atoms with van der Waals surface area (Å²) < 4.78 is 10.8. The van der Waals surface area contributed by atoms with Gasteiger partial charge in [0, 0.05) is 24.5 Å². The summed E-state index contributed by atoms with van der Waals surface area (Å²) in [5, 5.41) is 0. The van der Waals surface area contributed by atoms with E-state index in [-0.39, 0.29) is 0 Å². The Morgan fingerprint density at radius 3 is 2.50 bits per heavy atom. The number of benzene rings is 1. The van der Waals surface area contributed by atoms with Crippen LogP contribution in [0, 0.1) is 0 Å². The topological polar surface area (TPSA) is 27.3 Å². The molecule has 1 aliphatic heterocycles. The van der Waals surface area contributed by atoms with Crippen LogP contribution in [0.5, 0.6) is 11.5 Å². The molecule has 1 aromatic rings. The van der Waals surface area contributed by atoms with Crippen molar-refractivity contribution in [2.45, 2.75) is 25.4 Å². The Balaban J connectivity index is 2.01. The van der Waals surface area contributed by atoms with Crippen molar-refractivity contribution in [3.05, 3.63) is 23.8 Å². The second kappa shape index (κ2) is 6.95. The Kier molecular flexibility index (Phi) is 5.26.